The lowest BCUT2D eigenvalue weighted by atomic mass is 9.99. The molecule has 2 atom stereocenters. The molecule has 2 aliphatic heterocycles. The minimum absolute atomic E-state index is 0.0795. The van der Waals surface area contributed by atoms with Crippen LogP contribution in [0, 0.1) is 0 Å². The van der Waals surface area contributed by atoms with Crippen LogP contribution < -0.4 is 26.2 Å². The van der Waals surface area contributed by atoms with E-state index in [1.165, 1.54) is 20.0 Å². The molecule has 2 fully saturated rings. The second kappa shape index (κ2) is 10.8. The molecule has 2 heterocycles. The van der Waals surface area contributed by atoms with Crippen LogP contribution in [0.1, 0.15) is 54.6 Å². The van der Waals surface area contributed by atoms with Crippen molar-refractivity contribution in [3.63, 3.8) is 0 Å². The lowest BCUT2D eigenvalue weighted by Crippen LogP contribution is -2.56. The fraction of sp³-hybridized carbons (Fsp3) is 0.414. The van der Waals surface area contributed by atoms with E-state index in [9.17, 15) is 14.4 Å². The van der Waals surface area contributed by atoms with Gasteiger partial charge in [-0.25, -0.2) is 0 Å². The van der Waals surface area contributed by atoms with Crippen molar-refractivity contribution in [3.8, 4) is 5.75 Å². The number of hydrogen-bond donors (Lipinski definition) is 2. The molecule has 1 amide bonds. The summed E-state index contributed by atoms with van der Waals surface area (Å²) in [5, 5.41) is 6.34. The average molecular weight is 503 g/mol. The van der Waals surface area contributed by atoms with Crippen molar-refractivity contribution < 1.29 is 9.53 Å². The van der Waals surface area contributed by atoms with Gasteiger partial charge in [0.25, 0.3) is 16.8 Å². The molecule has 5 rings (SSSR count). The number of ether oxygens (including phenoxy) is 1. The third kappa shape index (κ3) is 4.85. The van der Waals surface area contributed by atoms with Crippen molar-refractivity contribution in [1.82, 2.24) is 9.80 Å². The summed E-state index contributed by atoms with van der Waals surface area (Å²) in [4.78, 5) is 43.0. The van der Waals surface area contributed by atoms with Crippen molar-refractivity contribution in [3.05, 3.63) is 80.1 Å². The number of piperazine rings is 1. The minimum Gasteiger partial charge on any atom is -0.494 e. The molecule has 0 spiro atoms. The fourth-order valence-electron chi connectivity index (χ4n) is 5.60. The van der Waals surface area contributed by atoms with Crippen LogP contribution >= 0.6 is 0 Å². The number of nitrogens with one attached hydrogen (secondary N) is 2. The van der Waals surface area contributed by atoms with Gasteiger partial charge < -0.3 is 20.3 Å². The summed E-state index contributed by atoms with van der Waals surface area (Å²) < 4.78 is 5.67. The van der Waals surface area contributed by atoms with Gasteiger partial charge in [0, 0.05) is 25.7 Å². The van der Waals surface area contributed by atoms with Crippen LogP contribution in [-0.4, -0.2) is 55.0 Å². The topological polar surface area (TPSA) is 91.0 Å². The second-order valence-electron chi connectivity index (χ2n) is 9.87. The molecule has 0 aliphatic carbocycles. The standard InChI is InChI=1S/C29H34N4O4/c1-3-22(19-10-5-4-6-11-19)30-24-25(27(35)26(24)34)31-23-14-9-13-21(28(23)37-2)29(36)33-17-16-32-15-8-7-12-20(32)18-33/h4-6,9-11,13-14,20,22,30-31H,3,7-8,12,15-18H2,1-2H3/t20?,22-/m1/s1. The first-order valence-corrected chi connectivity index (χ1v) is 13.1. The molecule has 0 saturated carbocycles. The van der Waals surface area contributed by atoms with Gasteiger partial charge in [-0.15, -0.1) is 0 Å². The van der Waals surface area contributed by atoms with Gasteiger partial charge in [-0.1, -0.05) is 49.7 Å². The molecular weight excluding hydrogens is 468 g/mol. The Bertz CT molecular complexity index is 1330. The molecule has 0 aromatic heterocycles. The SMILES string of the molecule is CC[C@@H](Nc1c(Nc2cccc(C(=O)N3CCN4CCCCC4C3)c2OC)c(=O)c1=O)c1ccccc1. The first-order valence-electron chi connectivity index (χ1n) is 13.1. The zero-order valence-electron chi connectivity index (χ0n) is 21.5. The summed E-state index contributed by atoms with van der Waals surface area (Å²) in [5.74, 6) is 0.289. The van der Waals surface area contributed by atoms with E-state index in [-0.39, 0.29) is 23.3 Å². The molecule has 2 N–H and O–H groups in total. The number of nitrogens with zero attached hydrogens (tertiary/aromatic N) is 2. The summed E-state index contributed by atoms with van der Waals surface area (Å²) >= 11 is 0. The minimum atomic E-state index is -0.586. The number of carbonyl (C=O) groups excluding carboxylic acids is 1. The Kier molecular flexibility index (Phi) is 7.28. The highest BCUT2D eigenvalue weighted by Crippen LogP contribution is 2.35. The zero-order valence-corrected chi connectivity index (χ0v) is 21.5. The molecule has 0 radical (unpaired) electrons. The van der Waals surface area contributed by atoms with E-state index < -0.39 is 10.9 Å². The molecule has 8 nitrogen and oxygen atoms in total. The predicted molar refractivity (Wildman–Crippen MR) is 146 cm³/mol. The number of hydrogen-bond acceptors (Lipinski definition) is 7. The Morgan fingerprint density at radius 3 is 2.54 bits per heavy atom. The maximum atomic E-state index is 13.6. The van der Waals surface area contributed by atoms with Gasteiger partial charge >= 0.3 is 0 Å². The van der Waals surface area contributed by atoms with E-state index in [0.717, 1.165) is 31.5 Å². The van der Waals surface area contributed by atoms with Crippen LogP contribution in [0.3, 0.4) is 0 Å². The van der Waals surface area contributed by atoms with Gasteiger partial charge in [-0.05, 0) is 43.5 Å². The molecule has 37 heavy (non-hydrogen) atoms. The van der Waals surface area contributed by atoms with Crippen LogP contribution in [0.15, 0.2) is 58.1 Å². The molecule has 2 aliphatic rings. The molecule has 2 saturated heterocycles. The number of fused-ring (bicyclic) bond motifs is 1. The molecule has 194 valence electrons. The number of benzene rings is 2. The second-order valence-corrected chi connectivity index (χ2v) is 9.87. The van der Waals surface area contributed by atoms with Crippen LogP contribution in [0.2, 0.25) is 0 Å². The monoisotopic (exact) mass is 502 g/mol. The molecule has 8 heteroatoms. The van der Waals surface area contributed by atoms with Crippen LogP contribution in [0.4, 0.5) is 17.1 Å². The van der Waals surface area contributed by atoms with Gasteiger partial charge in [0.1, 0.15) is 11.4 Å². The number of methoxy groups -OCH3 is 1. The Balaban J connectivity index is 1.38. The quantitative estimate of drug-likeness (QED) is 0.452. The van der Waals surface area contributed by atoms with E-state index in [1.807, 2.05) is 42.2 Å². The Hall–Kier alpha value is -3.65. The smallest absolute Gasteiger partial charge is 0.257 e. The van der Waals surface area contributed by atoms with Gasteiger partial charge in [0.2, 0.25) is 0 Å². The number of anilines is 3. The van der Waals surface area contributed by atoms with Crippen molar-refractivity contribution >= 4 is 23.0 Å². The Morgan fingerprint density at radius 2 is 1.78 bits per heavy atom. The maximum Gasteiger partial charge on any atom is 0.257 e. The van der Waals surface area contributed by atoms with E-state index in [2.05, 4.69) is 15.5 Å². The summed E-state index contributed by atoms with van der Waals surface area (Å²) in [6.45, 7) is 5.41. The number of para-hydroxylation sites is 1. The van der Waals surface area contributed by atoms with Crippen molar-refractivity contribution in [2.24, 2.45) is 0 Å². The number of rotatable bonds is 8. The summed E-state index contributed by atoms with van der Waals surface area (Å²) in [5.41, 5.74) is 1.28. The number of amides is 1. The molecule has 3 aromatic rings. The Labute approximate surface area is 216 Å². The number of piperidine rings is 1. The van der Waals surface area contributed by atoms with Crippen LogP contribution in [0.25, 0.3) is 0 Å². The normalized spacial score (nSPS) is 18.8. The summed E-state index contributed by atoms with van der Waals surface area (Å²) in [6.07, 6.45) is 4.28. The van der Waals surface area contributed by atoms with Gasteiger partial charge in [-0.3, -0.25) is 19.3 Å². The molecule has 0 bridgehead atoms. The highest BCUT2D eigenvalue weighted by molar-refractivity contribution is 5.99. The van der Waals surface area contributed by atoms with E-state index >= 15 is 0 Å². The van der Waals surface area contributed by atoms with Crippen LogP contribution in [0.5, 0.6) is 5.75 Å². The van der Waals surface area contributed by atoms with Crippen molar-refractivity contribution in [2.75, 3.05) is 43.9 Å². The highest BCUT2D eigenvalue weighted by atomic mass is 16.5. The van der Waals surface area contributed by atoms with Crippen molar-refractivity contribution in [1.29, 1.82) is 0 Å². The van der Waals surface area contributed by atoms with Gasteiger partial charge in [0.15, 0.2) is 5.75 Å². The largest absolute Gasteiger partial charge is 0.494 e. The Morgan fingerprint density at radius 1 is 1.00 bits per heavy atom. The first-order chi connectivity index (χ1) is 18.0. The first kappa shape index (κ1) is 25.0. The lowest BCUT2D eigenvalue weighted by molar-refractivity contribution is 0.0370. The lowest BCUT2D eigenvalue weighted by Gasteiger charge is -2.44. The van der Waals surface area contributed by atoms with Crippen molar-refractivity contribution in [2.45, 2.75) is 44.7 Å². The third-order valence-corrected chi connectivity index (χ3v) is 7.67. The van der Waals surface area contributed by atoms with Gasteiger partial charge in [-0.2, -0.15) is 0 Å². The van der Waals surface area contributed by atoms with E-state index in [4.69, 9.17) is 4.74 Å². The molecular formula is C29H34N4O4. The summed E-state index contributed by atoms with van der Waals surface area (Å²) in [6, 6.07) is 15.4. The average Bonchev–Trinajstić information content (AvgIpc) is 2.96. The van der Waals surface area contributed by atoms with E-state index in [1.54, 1.807) is 18.2 Å². The fourth-order valence-corrected chi connectivity index (χ4v) is 5.60. The molecule has 1 unspecified atom stereocenters. The zero-order chi connectivity index (χ0) is 25.9. The highest BCUT2D eigenvalue weighted by Gasteiger charge is 2.33. The molecule has 3 aromatic carbocycles. The maximum absolute atomic E-state index is 13.6. The predicted octanol–water partition coefficient (Wildman–Crippen LogP) is 3.91. The number of carbonyl (C=O) groups is 1. The van der Waals surface area contributed by atoms with E-state index in [0.29, 0.717) is 36.1 Å². The third-order valence-electron chi connectivity index (χ3n) is 7.67. The van der Waals surface area contributed by atoms with Crippen LogP contribution in [-0.2, 0) is 0 Å². The summed E-state index contributed by atoms with van der Waals surface area (Å²) in [7, 11) is 1.51. The van der Waals surface area contributed by atoms with Gasteiger partial charge in [0.05, 0.1) is 24.4 Å².